The van der Waals surface area contributed by atoms with Crippen LogP contribution in [0.2, 0.25) is 0 Å². The molecule has 3 amide bonds. The highest BCUT2D eigenvalue weighted by Gasteiger charge is 2.40. The molecule has 77 heavy (non-hydrogen) atoms. The zero-order valence-electron chi connectivity index (χ0n) is 45.8. The molecule has 1 N–H and O–H groups in total. The van der Waals surface area contributed by atoms with Gasteiger partial charge in [0.25, 0.3) is 11.8 Å². The van der Waals surface area contributed by atoms with E-state index in [2.05, 4.69) is 84.4 Å². The Morgan fingerprint density at radius 2 is 1.39 bits per heavy atom. The Labute approximate surface area is 462 Å². The second kappa shape index (κ2) is 25.7. The summed E-state index contributed by atoms with van der Waals surface area (Å²) in [6, 6.07) is 30.9. The fraction of sp³-hybridized carbons (Fsp3) is 0.459. The van der Waals surface area contributed by atoms with Gasteiger partial charge in [-0.05, 0) is 135 Å². The number of anilines is 4. The van der Waals surface area contributed by atoms with Crippen LogP contribution < -0.4 is 39.1 Å². The number of carbonyl (C=O) groups is 3. The number of methoxy groups -OCH3 is 2. The van der Waals surface area contributed by atoms with Gasteiger partial charge in [0.15, 0.2) is 11.5 Å². The highest BCUT2D eigenvalue weighted by Crippen LogP contribution is 2.44. The van der Waals surface area contributed by atoms with E-state index >= 15 is 0 Å². The lowest BCUT2D eigenvalue weighted by molar-refractivity contribution is -0.120. The predicted octanol–water partition coefficient (Wildman–Crippen LogP) is 10.3. The smallest absolute Gasteiger partial charge is 0.260 e. The average molecular weight is 1090 g/mol. The van der Waals surface area contributed by atoms with Crippen molar-refractivity contribution in [2.24, 2.45) is 0 Å². The molecule has 0 fully saturated rings. The summed E-state index contributed by atoms with van der Waals surface area (Å²) in [7, 11) is 8.80. The number of ether oxygens (including phenoxy) is 6. The number of nitrogens with one attached hydrogen (secondary N) is 1. The number of aryl methyl sites for hydroxylation is 2. The Kier molecular flexibility index (Phi) is 18.6. The molecule has 2 atom stereocenters. The highest BCUT2D eigenvalue weighted by molar-refractivity contribution is 8.77. The maximum Gasteiger partial charge on any atom is 0.260 e. The molecule has 9 rings (SSSR count). The lowest BCUT2D eigenvalue weighted by Gasteiger charge is -2.34. The third kappa shape index (κ3) is 13.3. The zero-order chi connectivity index (χ0) is 54.1. The van der Waals surface area contributed by atoms with Crippen LogP contribution in [0, 0.1) is 6.92 Å². The van der Waals surface area contributed by atoms with Gasteiger partial charge in [0.1, 0.15) is 19.0 Å². The summed E-state index contributed by atoms with van der Waals surface area (Å²) in [5.41, 5.74) is 11.2. The van der Waals surface area contributed by atoms with Crippen LogP contribution in [0.25, 0.3) is 0 Å². The lowest BCUT2D eigenvalue weighted by Crippen LogP contribution is -2.41. The topological polar surface area (TPSA) is 132 Å². The van der Waals surface area contributed by atoms with Crippen LogP contribution in [0.1, 0.15) is 94.1 Å². The minimum Gasteiger partial charge on any atom is -0.493 e. The minimum absolute atomic E-state index is 0.00518. The molecule has 4 aliphatic heterocycles. The number of hydrogen-bond acceptors (Lipinski definition) is 13. The van der Waals surface area contributed by atoms with Gasteiger partial charge in [0, 0.05) is 92.0 Å². The van der Waals surface area contributed by atoms with Crippen LogP contribution in [-0.4, -0.2) is 121 Å². The molecule has 0 aromatic heterocycles. The molecule has 0 spiro atoms. The first-order valence-corrected chi connectivity index (χ1v) is 29.4. The molecular formula is C61H75N5O9S2. The molecule has 410 valence electrons. The van der Waals surface area contributed by atoms with Crippen molar-refractivity contribution in [2.75, 3.05) is 106 Å². The number of amides is 3. The molecular weight excluding hydrogens is 1010 g/mol. The quantitative estimate of drug-likeness (QED) is 0.0417. The monoisotopic (exact) mass is 1090 g/mol. The molecule has 4 aliphatic rings. The van der Waals surface area contributed by atoms with Gasteiger partial charge in [-0.2, -0.15) is 0 Å². The molecule has 14 nitrogen and oxygen atoms in total. The van der Waals surface area contributed by atoms with Crippen molar-refractivity contribution < 1.29 is 42.8 Å². The van der Waals surface area contributed by atoms with Crippen molar-refractivity contribution in [3.63, 3.8) is 0 Å². The van der Waals surface area contributed by atoms with E-state index < -0.39 is 0 Å². The average Bonchev–Trinajstić information content (AvgIpc) is 4.03. The van der Waals surface area contributed by atoms with E-state index in [4.69, 9.17) is 28.4 Å². The molecule has 0 saturated heterocycles. The maximum absolute atomic E-state index is 14.4. The van der Waals surface area contributed by atoms with Gasteiger partial charge in [-0.1, -0.05) is 64.9 Å². The largest absolute Gasteiger partial charge is 0.493 e. The van der Waals surface area contributed by atoms with E-state index in [-0.39, 0.29) is 47.8 Å². The number of rotatable bonds is 26. The number of carbonyl (C=O) groups excluding carboxylic acids is 3. The van der Waals surface area contributed by atoms with Crippen molar-refractivity contribution in [2.45, 2.75) is 96.3 Å². The van der Waals surface area contributed by atoms with E-state index in [1.54, 1.807) is 35.8 Å². The maximum atomic E-state index is 14.4. The number of fused-ring (bicyclic) bond motifs is 8. The first-order chi connectivity index (χ1) is 37.3. The summed E-state index contributed by atoms with van der Waals surface area (Å²) < 4.78 is 36.3. The molecule has 4 heterocycles. The van der Waals surface area contributed by atoms with E-state index in [1.165, 1.54) is 11.1 Å². The Morgan fingerprint density at radius 1 is 0.740 bits per heavy atom. The summed E-state index contributed by atoms with van der Waals surface area (Å²) in [5, 5.41) is 2.99. The Bertz CT molecular complexity index is 2900. The van der Waals surface area contributed by atoms with Gasteiger partial charge in [0.2, 0.25) is 5.91 Å². The SMILES string of the molecule is CCCNC(=O)CCSSC(C)(C)CN(CCOCCOCCOC)c1cc(COc2cc3c(cc2C)C(=O)N2c4ccccc4C[C@H]2CC3)cc(COc2cc3c(cc2OC)C(=O)N2c4ccccc4C[C@H]2CN3C)c1. The molecule has 0 aliphatic carbocycles. The fourth-order valence-corrected chi connectivity index (χ4v) is 13.5. The summed E-state index contributed by atoms with van der Waals surface area (Å²) in [6.45, 7) is 14.0. The first kappa shape index (κ1) is 55.8. The van der Waals surface area contributed by atoms with Crippen LogP contribution in [0.15, 0.2) is 91.0 Å². The minimum atomic E-state index is -0.236. The number of benzene rings is 5. The Morgan fingerprint density at radius 3 is 2.09 bits per heavy atom. The third-order valence-corrected chi connectivity index (χ3v) is 18.0. The van der Waals surface area contributed by atoms with E-state index in [0.29, 0.717) is 88.4 Å². The summed E-state index contributed by atoms with van der Waals surface area (Å²) in [6.07, 6.45) is 4.68. The van der Waals surface area contributed by atoms with E-state index in [0.717, 1.165) is 88.4 Å². The van der Waals surface area contributed by atoms with Gasteiger partial charge in [-0.25, -0.2) is 0 Å². The van der Waals surface area contributed by atoms with Gasteiger partial charge in [-0.15, -0.1) is 0 Å². The molecule has 0 radical (unpaired) electrons. The molecule has 16 heteroatoms. The van der Waals surface area contributed by atoms with E-state index in [1.807, 2.05) is 66.2 Å². The van der Waals surface area contributed by atoms with Crippen LogP contribution in [-0.2, 0) is 51.5 Å². The number of nitrogens with zero attached hydrogens (tertiary/aromatic N) is 4. The number of hydrogen-bond donors (Lipinski definition) is 1. The van der Waals surface area contributed by atoms with Crippen LogP contribution in [0.3, 0.4) is 0 Å². The van der Waals surface area contributed by atoms with Crippen molar-refractivity contribution in [1.29, 1.82) is 0 Å². The standard InChI is InChI=1S/C61H75N5O9S2/c1-8-20-62-58(67)19-27-76-77-61(3,4)40-64(21-22-72-25-26-73-24-23-70-6)48-30-42(38-74-55-34-44-17-18-47-32-45-13-9-11-15-52(45)65(47)59(68)50(44)28-41(55)2)29-43(31-48)39-75-57-36-54-51(35-56(57)71-7)60(69)66-49(37-63(54)5)33-46-14-10-12-16-53(46)66/h9-16,28-31,34-36,47,49H,8,17-27,32-33,37-40H2,1-7H3,(H,62,67)/t47-,49+/m1/s1. The van der Waals surface area contributed by atoms with Crippen molar-refractivity contribution >= 4 is 62.1 Å². The van der Waals surface area contributed by atoms with Crippen molar-refractivity contribution in [1.82, 2.24) is 5.32 Å². The summed E-state index contributed by atoms with van der Waals surface area (Å²) >= 11 is 0. The number of para-hydroxylation sites is 2. The van der Waals surface area contributed by atoms with Gasteiger partial charge >= 0.3 is 0 Å². The van der Waals surface area contributed by atoms with Crippen molar-refractivity contribution in [3.05, 3.63) is 136 Å². The van der Waals surface area contributed by atoms with Crippen LogP contribution in [0.5, 0.6) is 17.2 Å². The molecule has 5 aromatic rings. The second-order valence-electron chi connectivity index (χ2n) is 21.0. The van der Waals surface area contributed by atoms with Crippen molar-refractivity contribution in [3.8, 4) is 17.2 Å². The zero-order valence-corrected chi connectivity index (χ0v) is 47.5. The highest BCUT2D eigenvalue weighted by atomic mass is 33.1. The second-order valence-corrected chi connectivity index (χ2v) is 24.1. The Hall–Kier alpha value is -5.91. The van der Waals surface area contributed by atoms with Crippen LogP contribution in [0.4, 0.5) is 22.7 Å². The lowest BCUT2D eigenvalue weighted by atomic mass is 9.98. The normalized spacial score (nSPS) is 16.4. The van der Waals surface area contributed by atoms with E-state index in [9.17, 15) is 14.4 Å². The summed E-state index contributed by atoms with van der Waals surface area (Å²) in [4.78, 5) is 49.6. The predicted molar refractivity (Wildman–Crippen MR) is 310 cm³/mol. The van der Waals surface area contributed by atoms with Gasteiger partial charge in [-0.3, -0.25) is 14.4 Å². The van der Waals surface area contributed by atoms with Crippen LogP contribution >= 0.6 is 21.6 Å². The van der Waals surface area contributed by atoms with Gasteiger partial charge < -0.3 is 53.3 Å². The molecule has 0 saturated carbocycles. The molecule has 0 bridgehead atoms. The first-order valence-electron chi connectivity index (χ1n) is 27.1. The Balaban J connectivity index is 0.994. The molecule has 0 unspecified atom stereocenters. The number of likely N-dealkylation sites (N-methyl/N-ethyl adjacent to an activating group) is 1. The third-order valence-electron chi connectivity index (χ3n) is 14.7. The van der Waals surface area contributed by atoms with Gasteiger partial charge in [0.05, 0.1) is 57.4 Å². The fourth-order valence-electron chi connectivity index (χ4n) is 11.0. The summed E-state index contributed by atoms with van der Waals surface area (Å²) in [5.74, 6) is 2.53. The molecule has 5 aromatic carbocycles.